The first-order chi connectivity index (χ1) is 5.61. The summed E-state index contributed by atoms with van der Waals surface area (Å²) in [4.78, 5) is 10.5. The lowest BCUT2D eigenvalue weighted by Crippen LogP contribution is -2.14. The zero-order chi connectivity index (χ0) is 9.56. The van der Waals surface area contributed by atoms with Gasteiger partial charge in [-0.2, -0.15) is 0 Å². The molecule has 0 amide bonds. The van der Waals surface area contributed by atoms with Crippen LogP contribution in [0.1, 0.15) is 20.3 Å². The van der Waals surface area contributed by atoms with Gasteiger partial charge in [-0.15, -0.1) is 0 Å². The Morgan fingerprint density at radius 2 is 2.25 bits per heavy atom. The molecule has 1 unspecified atom stereocenters. The Morgan fingerprint density at radius 1 is 1.67 bits per heavy atom. The molecule has 2 atom stereocenters. The van der Waals surface area contributed by atoms with Crippen molar-refractivity contribution in [2.75, 3.05) is 7.11 Å². The molecule has 0 bridgehead atoms. The lowest BCUT2D eigenvalue weighted by atomic mass is 10.0. The molecule has 12 heavy (non-hydrogen) atoms. The number of hydrogen-bond donors (Lipinski definition) is 1. The van der Waals surface area contributed by atoms with E-state index in [9.17, 15) is 9.90 Å². The zero-order valence-electron chi connectivity index (χ0n) is 7.63. The number of methoxy groups -OCH3 is 1. The summed E-state index contributed by atoms with van der Waals surface area (Å²) in [6.45, 7) is 3.82. The van der Waals surface area contributed by atoms with E-state index in [-0.39, 0.29) is 5.92 Å². The Hall–Kier alpha value is -1.01. The summed E-state index contributed by atoms with van der Waals surface area (Å²) in [6, 6.07) is 0. The fourth-order valence-electron chi connectivity index (χ4n) is 0.549. The zero-order valence-corrected chi connectivity index (χ0v) is 7.63. The maximum Gasteiger partial charge on any atom is 0.384 e. The van der Waals surface area contributed by atoms with E-state index < -0.39 is 12.1 Å². The van der Waals surface area contributed by atoms with Gasteiger partial charge in [0.25, 0.3) is 0 Å². The van der Waals surface area contributed by atoms with Crippen molar-refractivity contribution in [1.82, 2.24) is 0 Å². The number of carbonyl (C=O) groups excluding carboxylic acids is 1. The van der Waals surface area contributed by atoms with Gasteiger partial charge in [0, 0.05) is 5.92 Å². The molecule has 0 spiro atoms. The van der Waals surface area contributed by atoms with Crippen LogP contribution < -0.4 is 0 Å². The Labute approximate surface area is 72.7 Å². The van der Waals surface area contributed by atoms with Crippen molar-refractivity contribution >= 4 is 5.97 Å². The number of carbonyl (C=O) groups is 1. The quantitative estimate of drug-likeness (QED) is 0.374. The number of aliphatic hydroxyl groups excluding tert-OH is 1. The molecule has 0 radical (unpaired) electrons. The van der Waals surface area contributed by atoms with Gasteiger partial charge in [0.1, 0.15) is 6.10 Å². The first-order valence-electron chi connectivity index (χ1n) is 3.89. The molecular formula is C9H14O3. The fraction of sp³-hybridized carbons (Fsp3) is 0.667. The number of rotatable bonds is 2. The van der Waals surface area contributed by atoms with Crippen molar-refractivity contribution in [3.8, 4) is 11.8 Å². The summed E-state index contributed by atoms with van der Waals surface area (Å²) in [7, 11) is 1.26. The van der Waals surface area contributed by atoms with E-state index in [1.807, 2.05) is 13.8 Å². The van der Waals surface area contributed by atoms with E-state index in [1.165, 1.54) is 7.11 Å². The normalized spacial score (nSPS) is 14.0. The number of hydrogen-bond acceptors (Lipinski definition) is 3. The van der Waals surface area contributed by atoms with Crippen LogP contribution in [0.2, 0.25) is 0 Å². The molecule has 0 saturated heterocycles. The van der Waals surface area contributed by atoms with Crippen LogP contribution in [0, 0.1) is 17.8 Å². The van der Waals surface area contributed by atoms with E-state index in [2.05, 4.69) is 16.6 Å². The maximum atomic E-state index is 10.5. The van der Waals surface area contributed by atoms with Crippen LogP contribution in [-0.4, -0.2) is 24.3 Å². The maximum absolute atomic E-state index is 10.5. The van der Waals surface area contributed by atoms with Crippen LogP contribution in [0.15, 0.2) is 0 Å². The van der Waals surface area contributed by atoms with Crippen LogP contribution in [0.25, 0.3) is 0 Å². The molecule has 0 aromatic rings. The van der Waals surface area contributed by atoms with Crippen LogP contribution >= 0.6 is 0 Å². The van der Waals surface area contributed by atoms with Gasteiger partial charge in [0.2, 0.25) is 0 Å². The molecule has 3 nitrogen and oxygen atoms in total. The van der Waals surface area contributed by atoms with E-state index in [4.69, 9.17) is 0 Å². The second kappa shape index (κ2) is 5.62. The van der Waals surface area contributed by atoms with Crippen molar-refractivity contribution in [2.45, 2.75) is 26.4 Å². The number of esters is 1. The molecule has 3 heteroatoms. The minimum Gasteiger partial charge on any atom is -0.459 e. The van der Waals surface area contributed by atoms with Crippen molar-refractivity contribution in [3.63, 3.8) is 0 Å². The van der Waals surface area contributed by atoms with Crippen molar-refractivity contribution in [3.05, 3.63) is 0 Å². The molecule has 1 N–H and O–H groups in total. The first-order valence-corrected chi connectivity index (χ1v) is 3.89. The second-order valence-electron chi connectivity index (χ2n) is 2.59. The van der Waals surface area contributed by atoms with Crippen molar-refractivity contribution in [1.29, 1.82) is 0 Å². The topological polar surface area (TPSA) is 46.5 Å². The predicted molar refractivity (Wildman–Crippen MR) is 45.3 cm³/mol. The third kappa shape index (κ3) is 3.99. The molecule has 0 aromatic carbocycles. The first kappa shape index (κ1) is 11.0. The smallest absolute Gasteiger partial charge is 0.384 e. The van der Waals surface area contributed by atoms with Crippen LogP contribution in [-0.2, 0) is 9.53 Å². The Kier molecular flexibility index (Phi) is 5.14. The van der Waals surface area contributed by atoms with Gasteiger partial charge in [-0.25, -0.2) is 4.79 Å². The summed E-state index contributed by atoms with van der Waals surface area (Å²) >= 11 is 0. The standard InChI is InChI=1S/C9H14O3/c1-4-7(2)8(10)5-6-9(11)12-3/h7-8,10H,4H2,1-3H3/t7?,8-/m1/s1. The molecule has 0 rings (SSSR count). The van der Waals surface area contributed by atoms with Crippen LogP contribution in [0.3, 0.4) is 0 Å². The Balaban J connectivity index is 4.02. The predicted octanol–water partition coefficient (Wildman–Crippen LogP) is 0.570. The SMILES string of the molecule is CCC(C)[C@H](O)C#CC(=O)OC. The van der Waals surface area contributed by atoms with Gasteiger partial charge >= 0.3 is 5.97 Å². The molecule has 0 saturated carbocycles. The monoisotopic (exact) mass is 170 g/mol. The van der Waals surface area contributed by atoms with E-state index in [0.29, 0.717) is 0 Å². The van der Waals surface area contributed by atoms with Gasteiger partial charge in [-0.1, -0.05) is 26.2 Å². The molecule has 0 aromatic heterocycles. The van der Waals surface area contributed by atoms with Crippen molar-refractivity contribution < 1.29 is 14.6 Å². The third-order valence-corrected chi connectivity index (χ3v) is 1.69. The minimum absolute atomic E-state index is 0.0853. The Bertz CT molecular complexity index is 200. The van der Waals surface area contributed by atoms with Crippen LogP contribution in [0.5, 0.6) is 0 Å². The van der Waals surface area contributed by atoms with Gasteiger partial charge in [-0.3, -0.25) is 0 Å². The summed E-state index contributed by atoms with van der Waals surface area (Å²) in [5.41, 5.74) is 0. The minimum atomic E-state index is -0.742. The number of ether oxygens (including phenoxy) is 1. The van der Waals surface area contributed by atoms with E-state index >= 15 is 0 Å². The summed E-state index contributed by atoms with van der Waals surface area (Å²) < 4.78 is 4.29. The Morgan fingerprint density at radius 3 is 2.67 bits per heavy atom. The molecule has 0 aliphatic carbocycles. The highest BCUT2D eigenvalue weighted by atomic mass is 16.5. The van der Waals surface area contributed by atoms with E-state index in [0.717, 1.165) is 6.42 Å². The summed E-state index contributed by atoms with van der Waals surface area (Å²) in [5.74, 6) is 4.07. The average Bonchev–Trinajstić information content (AvgIpc) is 2.11. The molecule has 0 aliphatic heterocycles. The highest BCUT2D eigenvalue weighted by molar-refractivity contribution is 5.88. The molecule has 0 fully saturated rings. The van der Waals surface area contributed by atoms with Crippen LogP contribution in [0.4, 0.5) is 0 Å². The van der Waals surface area contributed by atoms with Gasteiger partial charge in [0.05, 0.1) is 7.11 Å². The van der Waals surface area contributed by atoms with Gasteiger partial charge < -0.3 is 9.84 Å². The molecule has 0 aliphatic rings. The van der Waals surface area contributed by atoms with Gasteiger partial charge in [-0.05, 0) is 5.92 Å². The second-order valence-corrected chi connectivity index (χ2v) is 2.59. The molecule has 0 heterocycles. The summed E-state index contributed by atoms with van der Waals surface area (Å²) in [6.07, 6.45) is 0.0888. The average molecular weight is 170 g/mol. The highest BCUT2D eigenvalue weighted by Crippen LogP contribution is 2.05. The number of aliphatic hydroxyl groups is 1. The summed E-state index contributed by atoms with van der Waals surface area (Å²) in [5, 5.41) is 9.28. The highest BCUT2D eigenvalue weighted by Gasteiger charge is 2.08. The molecular weight excluding hydrogens is 156 g/mol. The van der Waals surface area contributed by atoms with E-state index in [1.54, 1.807) is 0 Å². The lowest BCUT2D eigenvalue weighted by Gasteiger charge is -2.09. The largest absolute Gasteiger partial charge is 0.459 e. The fourth-order valence-corrected chi connectivity index (χ4v) is 0.549. The van der Waals surface area contributed by atoms with Crippen molar-refractivity contribution in [2.24, 2.45) is 5.92 Å². The lowest BCUT2D eigenvalue weighted by molar-refractivity contribution is -0.133. The third-order valence-electron chi connectivity index (χ3n) is 1.69. The van der Waals surface area contributed by atoms with Gasteiger partial charge in [0.15, 0.2) is 0 Å². The molecule has 68 valence electrons.